The SMILES string of the molecule is O=C(CN1C(=O)[C@@H]2[C@H](C1=O)[C@@H]1C=C[C@H]2C1)Nc1nc2ccc(F)cc2s1. The number of nitrogens with zero attached hydrogens (tertiary/aromatic N) is 2. The first-order valence-electron chi connectivity index (χ1n) is 8.41. The number of likely N-dealkylation sites (tertiary alicyclic amines) is 1. The van der Waals surface area contributed by atoms with E-state index in [4.69, 9.17) is 0 Å². The van der Waals surface area contributed by atoms with Crippen LogP contribution in [0.15, 0.2) is 30.4 Å². The maximum absolute atomic E-state index is 13.3. The van der Waals surface area contributed by atoms with Crippen LogP contribution in [0, 0.1) is 29.5 Å². The fourth-order valence-corrected chi connectivity index (χ4v) is 5.28. The molecular weight excluding hydrogens is 357 g/mol. The van der Waals surface area contributed by atoms with Gasteiger partial charge in [0.2, 0.25) is 17.7 Å². The quantitative estimate of drug-likeness (QED) is 0.663. The molecule has 1 saturated carbocycles. The van der Waals surface area contributed by atoms with Gasteiger partial charge in [-0.05, 0) is 36.5 Å². The first-order valence-corrected chi connectivity index (χ1v) is 9.22. The van der Waals surface area contributed by atoms with Crippen molar-refractivity contribution in [2.45, 2.75) is 6.42 Å². The summed E-state index contributed by atoms with van der Waals surface area (Å²) in [6.07, 6.45) is 4.89. The van der Waals surface area contributed by atoms with Crippen molar-refractivity contribution in [1.82, 2.24) is 9.88 Å². The number of halogens is 1. The molecule has 3 aliphatic rings. The van der Waals surface area contributed by atoms with E-state index in [1.54, 1.807) is 0 Å². The molecule has 1 aliphatic heterocycles. The van der Waals surface area contributed by atoms with E-state index in [0.29, 0.717) is 15.3 Å². The molecule has 0 radical (unpaired) electrons. The molecule has 0 spiro atoms. The van der Waals surface area contributed by atoms with E-state index < -0.39 is 5.91 Å². The Morgan fingerprint density at radius 2 is 1.92 bits per heavy atom. The number of carbonyl (C=O) groups excluding carboxylic acids is 3. The number of hydrogen-bond acceptors (Lipinski definition) is 5. The fraction of sp³-hybridized carbons (Fsp3) is 0.333. The normalized spacial score (nSPS) is 29.0. The van der Waals surface area contributed by atoms with Crippen molar-refractivity contribution >= 4 is 44.4 Å². The van der Waals surface area contributed by atoms with Crippen LogP contribution in [-0.2, 0) is 14.4 Å². The van der Waals surface area contributed by atoms with E-state index in [2.05, 4.69) is 10.3 Å². The van der Waals surface area contributed by atoms with Gasteiger partial charge >= 0.3 is 0 Å². The predicted molar refractivity (Wildman–Crippen MR) is 92.6 cm³/mol. The molecule has 26 heavy (non-hydrogen) atoms. The number of rotatable bonds is 3. The highest BCUT2D eigenvalue weighted by Gasteiger charge is 2.59. The van der Waals surface area contributed by atoms with E-state index in [-0.39, 0.29) is 47.8 Å². The number of allylic oxidation sites excluding steroid dienone is 2. The molecule has 4 atom stereocenters. The molecular formula is C18H14FN3O3S. The van der Waals surface area contributed by atoms with Gasteiger partial charge in [0.05, 0.1) is 22.1 Å². The zero-order chi connectivity index (χ0) is 18.0. The van der Waals surface area contributed by atoms with Gasteiger partial charge in [-0.25, -0.2) is 9.37 Å². The van der Waals surface area contributed by atoms with Crippen LogP contribution < -0.4 is 5.32 Å². The van der Waals surface area contributed by atoms with Crippen LogP contribution in [-0.4, -0.2) is 34.2 Å². The second-order valence-electron chi connectivity index (χ2n) is 6.94. The fourth-order valence-electron chi connectivity index (χ4n) is 4.37. The monoisotopic (exact) mass is 371 g/mol. The Bertz CT molecular complexity index is 971. The summed E-state index contributed by atoms with van der Waals surface area (Å²) >= 11 is 1.15. The zero-order valence-corrected chi connectivity index (χ0v) is 14.3. The van der Waals surface area contributed by atoms with Gasteiger partial charge < -0.3 is 5.32 Å². The number of carbonyl (C=O) groups is 3. The molecule has 1 aromatic carbocycles. The summed E-state index contributed by atoms with van der Waals surface area (Å²) < 4.78 is 13.9. The van der Waals surface area contributed by atoms with Crippen LogP contribution in [0.2, 0.25) is 0 Å². The maximum Gasteiger partial charge on any atom is 0.246 e. The first-order chi connectivity index (χ1) is 12.5. The minimum atomic E-state index is -0.480. The van der Waals surface area contributed by atoms with Crippen molar-refractivity contribution in [3.05, 3.63) is 36.2 Å². The van der Waals surface area contributed by atoms with Crippen molar-refractivity contribution in [2.24, 2.45) is 23.7 Å². The highest BCUT2D eigenvalue weighted by molar-refractivity contribution is 7.22. The number of hydrogen-bond donors (Lipinski definition) is 1. The Morgan fingerprint density at radius 3 is 2.62 bits per heavy atom. The lowest BCUT2D eigenvalue weighted by atomic mass is 9.85. The number of benzene rings is 1. The van der Waals surface area contributed by atoms with Crippen molar-refractivity contribution in [1.29, 1.82) is 0 Å². The summed E-state index contributed by atoms with van der Waals surface area (Å²) in [5.41, 5.74) is 0.581. The van der Waals surface area contributed by atoms with E-state index in [9.17, 15) is 18.8 Å². The predicted octanol–water partition coefficient (Wildman–Crippen LogP) is 2.18. The molecule has 5 rings (SSSR count). The molecule has 1 N–H and O–H groups in total. The minimum absolute atomic E-state index is 0.119. The standard InChI is InChI=1S/C18H14FN3O3S/c19-10-3-4-11-12(6-10)26-18(20-11)21-13(23)7-22-16(24)14-8-1-2-9(5-8)15(14)17(22)25/h1-4,6,8-9,14-15H,5,7H2,(H,20,21,23)/t8-,9+,14-,15+. The maximum atomic E-state index is 13.3. The van der Waals surface area contributed by atoms with E-state index in [1.807, 2.05) is 12.2 Å². The number of amides is 3. The van der Waals surface area contributed by atoms with E-state index >= 15 is 0 Å². The topological polar surface area (TPSA) is 79.4 Å². The smallest absolute Gasteiger partial charge is 0.246 e. The third kappa shape index (κ3) is 2.21. The number of anilines is 1. The molecule has 132 valence electrons. The van der Waals surface area contributed by atoms with Crippen LogP contribution >= 0.6 is 11.3 Å². The zero-order valence-electron chi connectivity index (χ0n) is 13.5. The Balaban J connectivity index is 1.31. The van der Waals surface area contributed by atoms with Crippen LogP contribution in [0.4, 0.5) is 9.52 Å². The van der Waals surface area contributed by atoms with E-state index in [0.717, 1.165) is 22.7 Å². The summed E-state index contributed by atoms with van der Waals surface area (Å²) in [6, 6.07) is 4.19. The second-order valence-corrected chi connectivity index (χ2v) is 7.97. The summed E-state index contributed by atoms with van der Waals surface area (Å²) in [5, 5.41) is 2.92. The number of nitrogens with one attached hydrogen (secondary N) is 1. The second kappa shape index (κ2) is 5.44. The van der Waals surface area contributed by atoms with Crippen molar-refractivity contribution in [3.63, 3.8) is 0 Å². The molecule has 2 fully saturated rings. The molecule has 6 nitrogen and oxygen atoms in total. The largest absolute Gasteiger partial charge is 0.300 e. The van der Waals surface area contributed by atoms with Crippen molar-refractivity contribution in [3.8, 4) is 0 Å². The molecule has 2 aliphatic carbocycles. The molecule has 8 heteroatoms. The summed E-state index contributed by atoms with van der Waals surface area (Å²) in [5.74, 6) is -1.74. The third-order valence-corrected chi connectivity index (χ3v) is 6.39. The first kappa shape index (κ1) is 15.6. The molecule has 1 saturated heterocycles. The average molecular weight is 371 g/mol. The van der Waals surface area contributed by atoms with Crippen molar-refractivity contribution in [2.75, 3.05) is 11.9 Å². The Morgan fingerprint density at radius 1 is 1.23 bits per heavy atom. The molecule has 1 aromatic heterocycles. The van der Waals surface area contributed by atoms with Gasteiger partial charge in [-0.3, -0.25) is 19.3 Å². The molecule has 3 amide bonds. The number of imide groups is 1. The molecule has 2 heterocycles. The summed E-state index contributed by atoms with van der Waals surface area (Å²) in [6.45, 7) is -0.311. The lowest BCUT2D eigenvalue weighted by molar-refractivity contribution is -0.143. The minimum Gasteiger partial charge on any atom is -0.300 e. The molecule has 0 unspecified atom stereocenters. The van der Waals surface area contributed by atoms with Crippen LogP contribution in [0.5, 0.6) is 0 Å². The van der Waals surface area contributed by atoms with Gasteiger partial charge in [-0.15, -0.1) is 0 Å². The van der Waals surface area contributed by atoms with Gasteiger partial charge in [0.15, 0.2) is 5.13 Å². The van der Waals surface area contributed by atoms with Gasteiger partial charge in [-0.1, -0.05) is 23.5 Å². The number of thiazole rings is 1. The Hall–Kier alpha value is -2.61. The average Bonchev–Trinajstić information content (AvgIpc) is 3.34. The van der Waals surface area contributed by atoms with E-state index in [1.165, 1.54) is 18.2 Å². The van der Waals surface area contributed by atoms with Crippen LogP contribution in [0.1, 0.15) is 6.42 Å². The van der Waals surface area contributed by atoms with Gasteiger partial charge in [0.1, 0.15) is 12.4 Å². The van der Waals surface area contributed by atoms with Gasteiger partial charge in [0.25, 0.3) is 0 Å². The van der Waals surface area contributed by atoms with Gasteiger partial charge in [0, 0.05) is 0 Å². The van der Waals surface area contributed by atoms with Crippen LogP contribution in [0.25, 0.3) is 10.2 Å². The van der Waals surface area contributed by atoms with Crippen LogP contribution in [0.3, 0.4) is 0 Å². The number of fused-ring (bicyclic) bond motifs is 6. The summed E-state index contributed by atoms with van der Waals surface area (Å²) in [7, 11) is 0. The van der Waals surface area contributed by atoms with Crippen molar-refractivity contribution < 1.29 is 18.8 Å². The molecule has 2 bridgehead atoms. The summed E-state index contributed by atoms with van der Waals surface area (Å²) in [4.78, 5) is 42.8. The van der Waals surface area contributed by atoms with Gasteiger partial charge in [-0.2, -0.15) is 0 Å². The Kier molecular flexibility index (Phi) is 3.27. The number of aromatic nitrogens is 1. The lowest BCUT2D eigenvalue weighted by Gasteiger charge is -2.16. The highest BCUT2D eigenvalue weighted by Crippen LogP contribution is 2.52. The Labute approximate surface area is 151 Å². The molecule has 2 aromatic rings. The highest BCUT2D eigenvalue weighted by atomic mass is 32.1. The lowest BCUT2D eigenvalue weighted by Crippen LogP contribution is -2.39. The third-order valence-electron chi connectivity index (χ3n) is 5.46.